The third-order valence-corrected chi connectivity index (χ3v) is 5.77. The van der Waals surface area contributed by atoms with Gasteiger partial charge >= 0.3 is 0 Å². The standard InChI is InChI=1S/C10H13BrN4O3S2/c1-5(13-2)3-8-14-10(18-15-8)6-4-7(9(11)19-6)20(12,16)17/h4-5,13H,3H2,1-2H3,(H2,12,16,17). The van der Waals surface area contributed by atoms with Crippen molar-refractivity contribution in [1.82, 2.24) is 15.5 Å². The molecule has 0 aliphatic rings. The summed E-state index contributed by atoms with van der Waals surface area (Å²) in [5.74, 6) is 0.840. The lowest BCUT2D eigenvalue weighted by atomic mass is 10.2. The summed E-state index contributed by atoms with van der Waals surface area (Å²) in [6.45, 7) is 2.00. The monoisotopic (exact) mass is 380 g/mol. The number of sulfonamides is 1. The molecule has 0 amide bonds. The molecular weight excluding hydrogens is 368 g/mol. The molecule has 0 radical (unpaired) electrons. The zero-order chi connectivity index (χ0) is 14.9. The lowest BCUT2D eigenvalue weighted by Gasteiger charge is -2.04. The van der Waals surface area contributed by atoms with E-state index in [1.165, 1.54) is 17.4 Å². The largest absolute Gasteiger partial charge is 0.333 e. The molecule has 2 aromatic heterocycles. The highest BCUT2D eigenvalue weighted by molar-refractivity contribution is 9.11. The number of nitrogens with zero attached hydrogens (tertiary/aromatic N) is 2. The summed E-state index contributed by atoms with van der Waals surface area (Å²) in [7, 11) is -1.93. The molecule has 1 atom stereocenters. The van der Waals surface area contributed by atoms with E-state index >= 15 is 0 Å². The average Bonchev–Trinajstić information content (AvgIpc) is 2.94. The Balaban J connectivity index is 2.29. The Morgan fingerprint density at radius 3 is 2.85 bits per heavy atom. The van der Waals surface area contributed by atoms with Crippen LogP contribution in [0.25, 0.3) is 10.8 Å². The van der Waals surface area contributed by atoms with E-state index in [1.54, 1.807) is 0 Å². The maximum absolute atomic E-state index is 11.4. The number of hydrogen-bond acceptors (Lipinski definition) is 7. The molecule has 10 heteroatoms. The molecule has 110 valence electrons. The third kappa shape index (κ3) is 3.44. The zero-order valence-corrected chi connectivity index (χ0v) is 14.0. The van der Waals surface area contributed by atoms with Crippen molar-refractivity contribution in [1.29, 1.82) is 0 Å². The number of primary sulfonamides is 1. The maximum Gasteiger partial charge on any atom is 0.268 e. The molecule has 20 heavy (non-hydrogen) atoms. The second kappa shape index (κ2) is 5.90. The minimum Gasteiger partial charge on any atom is -0.333 e. The first-order valence-electron chi connectivity index (χ1n) is 5.63. The van der Waals surface area contributed by atoms with Gasteiger partial charge in [0.2, 0.25) is 10.0 Å². The second-order valence-electron chi connectivity index (χ2n) is 4.20. The summed E-state index contributed by atoms with van der Waals surface area (Å²) >= 11 is 4.35. The Kier molecular flexibility index (Phi) is 4.59. The van der Waals surface area contributed by atoms with Crippen LogP contribution in [0.5, 0.6) is 0 Å². The number of thiophene rings is 1. The number of halogens is 1. The van der Waals surface area contributed by atoms with Gasteiger partial charge in [0.1, 0.15) is 4.90 Å². The fourth-order valence-corrected chi connectivity index (χ4v) is 4.53. The lowest BCUT2D eigenvalue weighted by Crippen LogP contribution is -2.24. The van der Waals surface area contributed by atoms with E-state index in [9.17, 15) is 8.42 Å². The van der Waals surface area contributed by atoms with Crippen LogP contribution in [0.2, 0.25) is 0 Å². The van der Waals surface area contributed by atoms with Crippen molar-refractivity contribution in [3.63, 3.8) is 0 Å². The van der Waals surface area contributed by atoms with Gasteiger partial charge in [-0.05, 0) is 36.0 Å². The van der Waals surface area contributed by atoms with Gasteiger partial charge in [-0.25, -0.2) is 13.6 Å². The van der Waals surface area contributed by atoms with Crippen molar-refractivity contribution >= 4 is 37.3 Å². The predicted molar refractivity (Wildman–Crippen MR) is 78.9 cm³/mol. The normalized spacial score (nSPS) is 13.6. The van der Waals surface area contributed by atoms with E-state index in [0.717, 1.165) is 0 Å². The lowest BCUT2D eigenvalue weighted by molar-refractivity contribution is 0.419. The summed E-state index contributed by atoms with van der Waals surface area (Å²) in [6, 6.07) is 1.64. The highest BCUT2D eigenvalue weighted by Gasteiger charge is 2.20. The van der Waals surface area contributed by atoms with Crippen molar-refractivity contribution < 1.29 is 12.9 Å². The molecule has 0 fully saturated rings. The molecule has 0 aromatic carbocycles. The molecule has 2 aromatic rings. The molecule has 7 nitrogen and oxygen atoms in total. The smallest absolute Gasteiger partial charge is 0.268 e. The first-order chi connectivity index (χ1) is 9.31. The molecule has 0 spiro atoms. The summed E-state index contributed by atoms with van der Waals surface area (Å²) in [6.07, 6.45) is 0.620. The van der Waals surface area contributed by atoms with Crippen LogP contribution >= 0.6 is 27.3 Å². The molecule has 0 aliphatic heterocycles. The average molecular weight is 381 g/mol. The van der Waals surface area contributed by atoms with E-state index in [0.29, 0.717) is 20.9 Å². The minimum atomic E-state index is -3.77. The Labute approximate surface area is 128 Å². The molecule has 0 saturated heterocycles. The summed E-state index contributed by atoms with van der Waals surface area (Å²) in [5, 5.41) is 12.1. The van der Waals surface area contributed by atoms with Crippen molar-refractivity contribution in [2.24, 2.45) is 5.14 Å². The molecule has 0 bridgehead atoms. The zero-order valence-electron chi connectivity index (χ0n) is 10.8. The van der Waals surface area contributed by atoms with Crippen LogP contribution in [0.15, 0.2) is 19.3 Å². The van der Waals surface area contributed by atoms with Gasteiger partial charge in [0.05, 0.1) is 8.66 Å². The Bertz CT molecular complexity index is 710. The number of likely N-dealkylation sites (N-methyl/N-ethyl adjacent to an activating group) is 1. The van der Waals surface area contributed by atoms with Crippen LogP contribution in [0.3, 0.4) is 0 Å². The van der Waals surface area contributed by atoms with Gasteiger partial charge in [-0.2, -0.15) is 4.98 Å². The fourth-order valence-electron chi connectivity index (χ4n) is 1.46. The first kappa shape index (κ1) is 15.6. The molecule has 2 heterocycles. The van der Waals surface area contributed by atoms with E-state index in [-0.39, 0.29) is 16.8 Å². The van der Waals surface area contributed by atoms with Gasteiger partial charge in [-0.3, -0.25) is 0 Å². The Morgan fingerprint density at radius 2 is 2.30 bits per heavy atom. The van der Waals surface area contributed by atoms with Crippen molar-refractivity contribution in [2.45, 2.75) is 24.3 Å². The van der Waals surface area contributed by atoms with Gasteiger partial charge in [-0.15, -0.1) is 11.3 Å². The van der Waals surface area contributed by atoms with E-state index in [2.05, 4.69) is 31.4 Å². The quantitative estimate of drug-likeness (QED) is 0.809. The van der Waals surface area contributed by atoms with E-state index < -0.39 is 10.0 Å². The van der Waals surface area contributed by atoms with Crippen LogP contribution in [-0.2, 0) is 16.4 Å². The topological polar surface area (TPSA) is 111 Å². The van der Waals surface area contributed by atoms with Crippen molar-refractivity contribution in [3.8, 4) is 10.8 Å². The minimum absolute atomic E-state index is 0.0147. The van der Waals surface area contributed by atoms with Gasteiger partial charge in [0, 0.05) is 12.5 Å². The first-order valence-corrected chi connectivity index (χ1v) is 8.79. The number of aromatic nitrogens is 2. The molecule has 3 N–H and O–H groups in total. The van der Waals surface area contributed by atoms with E-state index in [4.69, 9.17) is 9.66 Å². The van der Waals surface area contributed by atoms with Crippen LogP contribution in [0, 0.1) is 0 Å². The third-order valence-electron chi connectivity index (χ3n) is 2.62. The van der Waals surface area contributed by atoms with Gasteiger partial charge in [0.15, 0.2) is 5.82 Å². The Morgan fingerprint density at radius 1 is 1.60 bits per heavy atom. The van der Waals surface area contributed by atoms with Crippen LogP contribution in [0.4, 0.5) is 0 Å². The highest BCUT2D eigenvalue weighted by atomic mass is 79.9. The van der Waals surface area contributed by atoms with Gasteiger partial charge in [0.25, 0.3) is 5.89 Å². The number of nitrogens with two attached hydrogens (primary N) is 1. The molecular formula is C10H13BrN4O3S2. The number of nitrogens with one attached hydrogen (secondary N) is 1. The van der Waals surface area contributed by atoms with Crippen LogP contribution in [-0.4, -0.2) is 31.6 Å². The van der Waals surface area contributed by atoms with Gasteiger partial charge < -0.3 is 9.84 Å². The maximum atomic E-state index is 11.4. The molecule has 2 rings (SSSR count). The second-order valence-corrected chi connectivity index (χ2v) is 8.10. The summed E-state index contributed by atoms with van der Waals surface area (Å²) in [4.78, 5) is 4.81. The molecule has 1 unspecified atom stereocenters. The summed E-state index contributed by atoms with van der Waals surface area (Å²) < 4.78 is 28.3. The predicted octanol–water partition coefficient (Wildman–Crippen LogP) is 1.36. The summed E-state index contributed by atoms with van der Waals surface area (Å²) in [5.41, 5.74) is 0. The van der Waals surface area contributed by atoms with Crippen LogP contribution in [0.1, 0.15) is 12.7 Å². The SMILES string of the molecule is CNC(C)Cc1noc(-c2cc(S(N)(=O)=O)c(Br)s2)n1. The highest BCUT2D eigenvalue weighted by Crippen LogP contribution is 2.36. The van der Waals surface area contributed by atoms with Crippen LogP contribution < -0.4 is 10.5 Å². The van der Waals surface area contributed by atoms with E-state index in [1.807, 2.05) is 14.0 Å². The fraction of sp³-hybridized carbons (Fsp3) is 0.400. The Hall–Kier alpha value is -0.810. The molecule has 0 saturated carbocycles. The number of rotatable bonds is 5. The molecule has 0 aliphatic carbocycles. The number of hydrogen-bond donors (Lipinski definition) is 2. The van der Waals surface area contributed by atoms with Crippen molar-refractivity contribution in [3.05, 3.63) is 15.7 Å². The van der Waals surface area contributed by atoms with Crippen molar-refractivity contribution in [2.75, 3.05) is 7.05 Å². The van der Waals surface area contributed by atoms with Gasteiger partial charge in [-0.1, -0.05) is 5.16 Å².